The lowest BCUT2D eigenvalue weighted by molar-refractivity contribution is 0.0252. The average Bonchev–Trinajstić information content (AvgIpc) is 2.39. The van der Waals surface area contributed by atoms with E-state index in [1.165, 1.54) is 0 Å². The second-order valence-electron chi connectivity index (χ2n) is 4.76. The number of methoxy groups -OCH3 is 1. The third-order valence-corrected chi connectivity index (χ3v) is 2.49. The van der Waals surface area contributed by atoms with Crippen molar-refractivity contribution in [3.63, 3.8) is 0 Å². The molecule has 0 radical (unpaired) electrons. The molecule has 0 bridgehead atoms. The van der Waals surface area contributed by atoms with E-state index in [1.807, 2.05) is 0 Å². The smallest absolute Gasteiger partial charge is 0.0701 e. The normalized spacial score (nSPS) is 11.4. The quantitative estimate of drug-likeness (QED) is 0.458. The minimum absolute atomic E-state index is 0.627. The number of nitrogens with one attached hydrogen (secondary N) is 1. The minimum Gasteiger partial charge on any atom is -0.382 e. The molecule has 0 heterocycles. The van der Waals surface area contributed by atoms with Crippen LogP contribution in [0.4, 0.5) is 0 Å². The van der Waals surface area contributed by atoms with E-state index in [1.54, 1.807) is 7.11 Å². The maximum absolute atomic E-state index is 5.49. The summed E-state index contributed by atoms with van der Waals surface area (Å²) in [5.41, 5.74) is 0. The van der Waals surface area contributed by atoms with Gasteiger partial charge in [0.05, 0.1) is 39.6 Å². The molecule has 0 atom stereocenters. The predicted octanol–water partition coefficient (Wildman–Crippen LogP) is 1.32. The summed E-state index contributed by atoms with van der Waals surface area (Å²) in [6.45, 7) is 11.0. The zero-order valence-electron chi connectivity index (χ0n) is 12.8. The first-order valence-corrected chi connectivity index (χ1v) is 7.20. The Bertz CT molecular complexity index is 168. The molecule has 0 unspecified atom stereocenters. The molecule has 0 saturated carbocycles. The second kappa shape index (κ2) is 15.9. The van der Waals surface area contributed by atoms with Gasteiger partial charge in [-0.05, 0) is 12.3 Å². The Morgan fingerprint density at radius 1 is 0.737 bits per heavy atom. The van der Waals surface area contributed by atoms with Crippen molar-refractivity contribution in [1.82, 2.24) is 5.32 Å². The lowest BCUT2D eigenvalue weighted by Crippen LogP contribution is -2.24. The highest BCUT2D eigenvalue weighted by Crippen LogP contribution is 1.98. The molecule has 0 aliphatic rings. The zero-order chi connectivity index (χ0) is 14.2. The van der Waals surface area contributed by atoms with Gasteiger partial charge in [-0.1, -0.05) is 13.8 Å². The highest BCUT2D eigenvalue weighted by atomic mass is 16.5. The van der Waals surface area contributed by atoms with Gasteiger partial charge in [-0.3, -0.25) is 0 Å². The van der Waals surface area contributed by atoms with Crippen molar-refractivity contribution in [3.8, 4) is 0 Å². The number of hydrogen-bond acceptors (Lipinski definition) is 5. The van der Waals surface area contributed by atoms with Crippen molar-refractivity contribution in [1.29, 1.82) is 0 Å². The molecule has 0 spiro atoms. The summed E-state index contributed by atoms with van der Waals surface area (Å²) < 4.78 is 21.0. The highest BCUT2D eigenvalue weighted by molar-refractivity contribution is 4.47. The molecule has 1 N–H and O–H groups in total. The SMILES string of the molecule is COCCOCCOCCNCCOCCC(C)C. The van der Waals surface area contributed by atoms with Crippen LogP contribution in [0.2, 0.25) is 0 Å². The number of ether oxygens (including phenoxy) is 4. The van der Waals surface area contributed by atoms with Crippen LogP contribution in [0.25, 0.3) is 0 Å². The van der Waals surface area contributed by atoms with Crippen LogP contribution < -0.4 is 5.32 Å². The van der Waals surface area contributed by atoms with Gasteiger partial charge in [-0.2, -0.15) is 0 Å². The Morgan fingerprint density at radius 2 is 1.26 bits per heavy atom. The monoisotopic (exact) mass is 277 g/mol. The van der Waals surface area contributed by atoms with Crippen molar-refractivity contribution in [2.75, 3.05) is 66.4 Å². The van der Waals surface area contributed by atoms with Crippen LogP contribution in [0.1, 0.15) is 20.3 Å². The lowest BCUT2D eigenvalue weighted by Gasteiger charge is -2.08. The van der Waals surface area contributed by atoms with E-state index in [0.29, 0.717) is 39.0 Å². The van der Waals surface area contributed by atoms with E-state index in [-0.39, 0.29) is 0 Å². The van der Waals surface area contributed by atoms with E-state index in [0.717, 1.165) is 32.7 Å². The predicted molar refractivity (Wildman–Crippen MR) is 76.7 cm³/mol. The van der Waals surface area contributed by atoms with E-state index in [4.69, 9.17) is 18.9 Å². The Kier molecular flexibility index (Phi) is 15.7. The van der Waals surface area contributed by atoms with Crippen molar-refractivity contribution in [3.05, 3.63) is 0 Å². The molecule has 5 nitrogen and oxygen atoms in total. The summed E-state index contributed by atoms with van der Waals surface area (Å²) in [6, 6.07) is 0. The molecule has 0 aliphatic heterocycles. The summed E-state index contributed by atoms with van der Waals surface area (Å²) in [5, 5.41) is 3.27. The maximum atomic E-state index is 5.49. The fourth-order valence-electron chi connectivity index (χ4n) is 1.30. The van der Waals surface area contributed by atoms with Crippen LogP contribution in [0.3, 0.4) is 0 Å². The molecule has 116 valence electrons. The Hall–Kier alpha value is -0.200. The van der Waals surface area contributed by atoms with Gasteiger partial charge in [-0.15, -0.1) is 0 Å². The second-order valence-corrected chi connectivity index (χ2v) is 4.76. The van der Waals surface area contributed by atoms with Crippen molar-refractivity contribution in [2.24, 2.45) is 5.92 Å². The minimum atomic E-state index is 0.627. The van der Waals surface area contributed by atoms with Crippen LogP contribution in [-0.2, 0) is 18.9 Å². The highest BCUT2D eigenvalue weighted by Gasteiger charge is 1.94. The maximum Gasteiger partial charge on any atom is 0.0701 e. The first-order chi connectivity index (χ1) is 9.27. The molecule has 5 heteroatoms. The third-order valence-electron chi connectivity index (χ3n) is 2.49. The van der Waals surface area contributed by atoms with Crippen LogP contribution in [0.5, 0.6) is 0 Å². The molecule has 19 heavy (non-hydrogen) atoms. The molecule has 0 rings (SSSR count). The van der Waals surface area contributed by atoms with Crippen LogP contribution in [0.15, 0.2) is 0 Å². The summed E-state index contributed by atoms with van der Waals surface area (Å²) in [7, 11) is 1.66. The Morgan fingerprint density at radius 3 is 1.84 bits per heavy atom. The summed E-state index contributed by atoms with van der Waals surface area (Å²) in [4.78, 5) is 0. The van der Waals surface area contributed by atoms with E-state index >= 15 is 0 Å². The Balaban J connectivity index is 2.91. The van der Waals surface area contributed by atoms with Crippen LogP contribution in [-0.4, -0.2) is 66.4 Å². The van der Waals surface area contributed by atoms with Gasteiger partial charge in [-0.25, -0.2) is 0 Å². The Labute approximate surface area is 117 Å². The van der Waals surface area contributed by atoms with Gasteiger partial charge in [0.1, 0.15) is 0 Å². The number of hydrogen-bond donors (Lipinski definition) is 1. The van der Waals surface area contributed by atoms with Crippen LogP contribution >= 0.6 is 0 Å². The summed E-state index contributed by atoms with van der Waals surface area (Å²) in [5.74, 6) is 0.715. The summed E-state index contributed by atoms with van der Waals surface area (Å²) in [6.07, 6.45) is 1.13. The van der Waals surface area contributed by atoms with Gasteiger partial charge < -0.3 is 24.3 Å². The summed E-state index contributed by atoms with van der Waals surface area (Å²) >= 11 is 0. The van der Waals surface area contributed by atoms with Gasteiger partial charge in [0.25, 0.3) is 0 Å². The first kappa shape index (κ1) is 18.8. The topological polar surface area (TPSA) is 49.0 Å². The van der Waals surface area contributed by atoms with E-state index in [9.17, 15) is 0 Å². The van der Waals surface area contributed by atoms with Gasteiger partial charge >= 0.3 is 0 Å². The van der Waals surface area contributed by atoms with E-state index < -0.39 is 0 Å². The lowest BCUT2D eigenvalue weighted by atomic mass is 10.1. The average molecular weight is 277 g/mol. The molecule has 0 aromatic carbocycles. The molecule has 0 aliphatic carbocycles. The molecule has 0 saturated heterocycles. The fourth-order valence-corrected chi connectivity index (χ4v) is 1.30. The van der Waals surface area contributed by atoms with Crippen molar-refractivity contribution < 1.29 is 18.9 Å². The molecule has 0 amide bonds. The largest absolute Gasteiger partial charge is 0.382 e. The van der Waals surface area contributed by atoms with Crippen LogP contribution in [0, 0.1) is 5.92 Å². The standard InChI is InChI=1S/C14H31NO4/c1-14(2)4-7-17-8-5-15-6-9-18-12-13-19-11-10-16-3/h14-15H,4-13H2,1-3H3. The molecule has 0 aromatic heterocycles. The van der Waals surface area contributed by atoms with Crippen molar-refractivity contribution >= 4 is 0 Å². The van der Waals surface area contributed by atoms with E-state index in [2.05, 4.69) is 19.2 Å². The zero-order valence-corrected chi connectivity index (χ0v) is 12.8. The van der Waals surface area contributed by atoms with Gasteiger partial charge in [0, 0.05) is 26.8 Å². The molecular formula is C14H31NO4. The fraction of sp³-hybridized carbons (Fsp3) is 1.00. The van der Waals surface area contributed by atoms with Gasteiger partial charge in [0.15, 0.2) is 0 Å². The van der Waals surface area contributed by atoms with Crippen molar-refractivity contribution in [2.45, 2.75) is 20.3 Å². The molecular weight excluding hydrogens is 246 g/mol. The van der Waals surface area contributed by atoms with Gasteiger partial charge in [0.2, 0.25) is 0 Å². The third kappa shape index (κ3) is 17.8. The first-order valence-electron chi connectivity index (χ1n) is 7.20. The number of rotatable bonds is 15. The molecule has 0 aromatic rings. The molecule has 0 fully saturated rings.